The van der Waals surface area contributed by atoms with E-state index in [1.807, 2.05) is 43.3 Å². The van der Waals surface area contributed by atoms with Crippen molar-refractivity contribution in [2.45, 2.75) is 6.92 Å². The van der Waals surface area contributed by atoms with E-state index in [2.05, 4.69) is 10.1 Å². The van der Waals surface area contributed by atoms with E-state index in [4.69, 9.17) is 9.57 Å². The molecule has 1 aromatic rings. The molecule has 0 atom stereocenters. The first-order chi connectivity index (χ1) is 13.0. The molecular formula is C20H21N3O4. The molecule has 2 aliphatic heterocycles. The number of carbonyl (C=O) groups is 2. The van der Waals surface area contributed by atoms with Gasteiger partial charge < -0.3 is 14.5 Å². The Morgan fingerprint density at radius 1 is 1.22 bits per heavy atom. The average molecular weight is 367 g/mol. The molecule has 0 saturated carbocycles. The van der Waals surface area contributed by atoms with Gasteiger partial charge in [-0.3, -0.25) is 9.69 Å². The third-order valence-corrected chi connectivity index (χ3v) is 4.50. The molecule has 0 aliphatic carbocycles. The standard InChI is InChI=1S/C20H21N3O4/c1-5-23-14(11-10-13-8-6-7-9-16(13)23)12-15-17(20(25)26-3)19(24)22(2)18(15)21-27-4/h6-12H,5H2,1-4H3/b14-12+,21-18-. The number of esters is 1. The number of rotatable bonds is 4. The number of allylic oxidation sites excluding steroid dienone is 1. The number of oxime groups is 1. The minimum absolute atomic E-state index is 0.0633. The van der Waals surface area contributed by atoms with Crippen LogP contribution in [0.1, 0.15) is 12.5 Å². The Labute approximate surface area is 157 Å². The second kappa shape index (κ2) is 7.49. The Balaban J connectivity index is 2.17. The summed E-state index contributed by atoms with van der Waals surface area (Å²) in [6.45, 7) is 2.75. The predicted molar refractivity (Wildman–Crippen MR) is 103 cm³/mol. The molecule has 7 heteroatoms. The Morgan fingerprint density at radius 3 is 2.63 bits per heavy atom. The van der Waals surface area contributed by atoms with Crippen molar-refractivity contribution in [2.24, 2.45) is 5.16 Å². The van der Waals surface area contributed by atoms with Crippen molar-refractivity contribution >= 4 is 29.5 Å². The number of methoxy groups -OCH3 is 1. The maximum Gasteiger partial charge on any atom is 0.344 e. The third-order valence-electron chi connectivity index (χ3n) is 4.50. The largest absolute Gasteiger partial charge is 0.465 e. The summed E-state index contributed by atoms with van der Waals surface area (Å²) in [6, 6.07) is 8.02. The lowest BCUT2D eigenvalue weighted by Crippen LogP contribution is -2.29. The fourth-order valence-corrected chi connectivity index (χ4v) is 3.21. The van der Waals surface area contributed by atoms with Gasteiger partial charge in [0, 0.05) is 30.5 Å². The number of ether oxygens (including phenoxy) is 1. The summed E-state index contributed by atoms with van der Waals surface area (Å²) < 4.78 is 4.81. The van der Waals surface area contributed by atoms with Crippen LogP contribution >= 0.6 is 0 Å². The van der Waals surface area contributed by atoms with Crippen LogP contribution in [-0.2, 0) is 19.2 Å². The molecule has 0 bridgehead atoms. The molecular weight excluding hydrogens is 346 g/mol. The summed E-state index contributed by atoms with van der Waals surface area (Å²) in [5.74, 6) is -0.922. The Morgan fingerprint density at radius 2 is 1.96 bits per heavy atom. The third kappa shape index (κ3) is 3.12. The molecule has 7 nitrogen and oxygen atoms in total. The van der Waals surface area contributed by atoms with Gasteiger partial charge in [0.1, 0.15) is 12.7 Å². The van der Waals surface area contributed by atoms with Gasteiger partial charge in [-0.2, -0.15) is 0 Å². The van der Waals surface area contributed by atoms with Crippen molar-refractivity contribution in [2.75, 3.05) is 32.7 Å². The fraction of sp³-hybridized carbons (Fsp3) is 0.250. The van der Waals surface area contributed by atoms with Gasteiger partial charge in [-0.1, -0.05) is 29.4 Å². The predicted octanol–water partition coefficient (Wildman–Crippen LogP) is 2.33. The molecule has 1 amide bonds. The Kier molecular flexibility index (Phi) is 5.12. The zero-order valence-corrected chi connectivity index (χ0v) is 15.7. The van der Waals surface area contributed by atoms with Gasteiger partial charge in [0.25, 0.3) is 5.91 Å². The zero-order chi connectivity index (χ0) is 19.6. The number of anilines is 1. The summed E-state index contributed by atoms with van der Waals surface area (Å²) in [5, 5.41) is 3.93. The maximum absolute atomic E-state index is 12.6. The SMILES string of the molecule is CCN1/C(=C/C2=C(C(=O)OC)C(=O)N(C)/C2=N\OC)C=Cc2ccccc21. The molecule has 0 radical (unpaired) electrons. The Hall–Kier alpha value is -3.35. The minimum Gasteiger partial charge on any atom is -0.465 e. The monoisotopic (exact) mass is 367 g/mol. The van der Waals surface area contributed by atoms with Crippen molar-refractivity contribution in [1.82, 2.24) is 4.90 Å². The number of hydrogen-bond donors (Lipinski definition) is 0. The van der Waals surface area contributed by atoms with Gasteiger partial charge in [0.05, 0.1) is 7.11 Å². The zero-order valence-electron chi connectivity index (χ0n) is 15.7. The molecule has 1 aromatic carbocycles. The number of likely N-dealkylation sites (N-methyl/N-ethyl adjacent to an activating group) is 2. The highest BCUT2D eigenvalue weighted by molar-refractivity contribution is 6.32. The van der Waals surface area contributed by atoms with Crippen LogP contribution in [0, 0.1) is 0 Å². The van der Waals surface area contributed by atoms with Crippen LogP contribution in [0.15, 0.2) is 58.4 Å². The fourth-order valence-electron chi connectivity index (χ4n) is 3.21. The molecule has 0 N–H and O–H groups in total. The number of nitrogens with zero attached hydrogens (tertiary/aromatic N) is 3. The topological polar surface area (TPSA) is 71.4 Å². The molecule has 2 aliphatic rings. The highest BCUT2D eigenvalue weighted by atomic mass is 16.6. The average Bonchev–Trinajstić information content (AvgIpc) is 2.92. The molecule has 0 saturated heterocycles. The van der Waals surface area contributed by atoms with Gasteiger partial charge in [-0.05, 0) is 30.7 Å². The van der Waals surface area contributed by atoms with Crippen molar-refractivity contribution in [3.63, 3.8) is 0 Å². The molecule has 0 aromatic heterocycles. The molecule has 140 valence electrons. The molecule has 3 rings (SSSR count). The lowest BCUT2D eigenvalue weighted by atomic mass is 10.0. The van der Waals surface area contributed by atoms with E-state index >= 15 is 0 Å². The van der Waals surface area contributed by atoms with Crippen LogP contribution in [0.2, 0.25) is 0 Å². The lowest BCUT2D eigenvalue weighted by Gasteiger charge is -2.29. The number of para-hydroxylation sites is 1. The number of carbonyl (C=O) groups excluding carboxylic acids is 2. The number of benzene rings is 1. The molecule has 0 unspecified atom stereocenters. The highest BCUT2D eigenvalue weighted by Crippen LogP contribution is 2.32. The quantitative estimate of drug-likeness (QED) is 0.464. The normalized spacial score (nSPS) is 19.2. The first-order valence-corrected chi connectivity index (χ1v) is 8.52. The van der Waals surface area contributed by atoms with Crippen molar-refractivity contribution < 1.29 is 19.2 Å². The van der Waals surface area contributed by atoms with Gasteiger partial charge in [-0.15, -0.1) is 0 Å². The van der Waals surface area contributed by atoms with Gasteiger partial charge in [0.15, 0.2) is 5.84 Å². The van der Waals surface area contributed by atoms with Crippen molar-refractivity contribution in [3.8, 4) is 0 Å². The number of fused-ring (bicyclic) bond motifs is 1. The van der Waals surface area contributed by atoms with Crippen LogP contribution < -0.4 is 4.90 Å². The van der Waals surface area contributed by atoms with E-state index in [9.17, 15) is 9.59 Å². The van der Waals surface area contributed by atoms with E-state index < -0.39 is 11.9 Å². The molecule has 0 fully saturated rings. The summed E-state index contributed by atoms with van der Waals surface area (Å²) in [5.41, 5.74) is 3.29. The highest BCUT2D eigenvalue weighted by Gasteiger charge is 2.39. The lowest BCUT2D eigenvalue weighted by molar-refractivity contribution is -0.138. The number of hydrogen-bond acceptors (Lipinski definition) is 6. The van der Waals surface area contributed by atoms with E-state index in [-0.39, 0.29) is 11.4 Å². The smallest absolute Gasteiger partial charge is 0.344 e. The summed E-state index contributed by atoms with van der Waals surface area (Å²) in [7, 11) is 4.17. The van der Waals surface area contributed by atoms with E-state index in [1.165, 1.54) is 26.2 Å². The summed E-state index contributed by atoms with van der Waals surface area (Å²) in [6.07, 6.45) is 5.71. The number of amidine groups is 1. The van der Waals surface area contributed by atoms with Crippen LogP contribution in [0.4, 0.5) is 5.69 Å². The second-order valence-corrected chi connectivity index (χ2v) is 5.95. The van der Waals surface area contributed by atoms with Crippen LogP contribution in [0.25, 0.3) is 6.08 Å². The molecule has 2 heterocycles. The van der Waals surface area contributed by atoms with Gasteiger partial charge in [-0.25, -0.2) is 4.79 Å². The van der Waals surface area contributed by atoms with E-state index in [0.29, 0.717) is 12.1 Å². The number of amides is 1. The summed E-state index contributed by atoms with van der Waals surface area (Å²) >= 11 is 0. The first kappa shape index (κ1) is 18.4. The second-order valence-electron chi connectivity index (χ2n) is 5.95. The maximum atomic E-state index is 12.6. The van der Waals surface area contributed by atoms with E-state index in [1.54, 1.807) is 6.08 Å². The van der Waals surface area contributed by atoms with Gasteiger partial charge in [0.2, 0.25) is 0 Å². The van der Waals surface area contributed by atoms with Gasteiger partial charge >= 0.3 is 5.97 Å². The van der Waals surface area contributed by atoms with E-state index in [0.717, 1.165) is 16.9 Å². The van der Waals surface area contributed by atoms with Crippen LogP contribution in [0.3, 0.4) is 0 Å². The Bertz CT molecular complexity index is 912. The summed E-state index contributed by atoms with van der Waals surface area (Å²) in [4.78, 5) is 33.1. The van der Waals surface area contributed by atoms with Crippen molar-refractivity contribution in [1.29, 1.82) is 0 Å². The molecule has 0 spiro atoms. The van der Waals surface area contributed by atoms with Crippen LogP contribution in [0.5, 0.6) is 0 Å². The van der Waals surface area contributed by atoms with Crippen LogP contribution in [-0.4, -0.2) is 50.4 Å². The first-order valence-electron chi connectivity index (χ1n) is 8.52. The minimum atomic E-state index is -0.705. The molecule has 27 heavy (non-hydrogen) atoms. The van der Waals surface area contributed by atoms with Crippen molar-refractivity contribution in [3.05, 3.63) is 58.8 Å².